The maximum Gasteiger partial charge on any atom is 0.416 e. The number of alkyl halides is 3. The summed E-state index contributed by atoms with van der Waals surface area (Å²) >= 11 is 17.7. The minimum Gasteiger partial charge on any atom is -0.437 e. The number of hydrogen-bond acceptors (Lipinski definition) is 17. The molecule has 12 nitrogen and oxygen atoms in total. The number of thiophene rings is 5. The zero-order valence-corrected chi connectivity index (χ0v) is 81.5. The van der Waals surface area contributed by atoms with Crippen LogP contribution in [0.15, 0.2) is 292 Å². The summed E-state index contributed by atoms with van der Waals surface area (Å²) in [4.78, 5) is 4.86. The molecule has 0 N–H and O–H groups in total. The molecule has 0 aliphatic rings. The molecule has 22 aromatic rings. The van der Waals surface area contributed by atoms with Gasteiger partial charge in [0.15, 0.2) is 5.15 Å². The molecule has 0 amide bonds. The van der Waals surface area contributed by atoms with Crippen LogP contribution < -0.4 is 9.47 Å². The molecule has 0 saturated carbocycles. The Balaban J connectivity index is 0.000000132. The number of fused-ring (bicyclic) bond motifs is 10. The van der Waals surface area contributed by atoms with Gasteiger partial charge in [-0.2, -0.15) is 89.1 Å². The zero-order chi connectivity index (χ0) is 79.5. The maximum absolute atomic E-state index is 12.8. The van der Waals surface area contributed by atoms with Crippen LogP contribution >= 0.6 is 84.2 Å². The van der Waals surface area contributed by atoms with Gasteiger partial charge in [0.1, 0.15) is 16.1 Å². The van der Waals surface area contributed by atoms with E-state index in [4.69, 9.17) is 21.1 Å². The third-order valence-electron chi connectivity index (χ3n) is 19.4. The molecule has 0 bridgehead atoms. The Hall–Kier alpha value is -9.45. The number of para-hydroxylation sites is 1. The van der Waals surface area contributed by atoms with Gasteiger partial charge in [-0.25, -0.2) is 82.2 Å². The van der Waals surface area contributed by atoms with Crippen LogP contribution in [0.4, 0.5) is 13.2 Å². The number of aromatic nitrogens is 10. The van der Waals surface area contributed by atoms with Crippen molar-refractivity contribution in [1.29, 1.82) is 0 Å². The molecule has 0 spiro atoms. The number of ether oxygens (including phenoxy) is 2. The van der Waals surface area contributed by atoms with Crippen molar-refractivity contribution in [3.63, 3.8) is 0 Å². The molecule has 122 heavy (non-hydrogen) atoms. The molecule has 22 rings (SSSR count). The van der Waals surface area contributed by atoms with Gasteiger partial charge < -0.3 is 9.47 Å². The summed E-state index contributed by atoms with van der Waals surface area (Å²) in [6.45, 7) is 4.09. The van der Waals surface area contributed by atoms with Crippen LogP contribution in [0.5, 0.6) is 23.3 Å². The summed E-state index contributed by atoms with van der Waals surface area (Å²) < 4.78 is 51.4. The molecule has 12 aromatic carbocycles. The Morgan fingerprint density at radius 2 is 0.631 bits per heavy atom. The van der Waals surface area contributed by atoms with Gasteiger partial charge >= 0.3 is 6.18 Å². The summed E-state index contributed by atoms with van der Waals surface area (Å²) in [5, 5.41) is 74.6. The van der Waals surface area contributed by atoms with Crippen LogP contribution in [-0.4, -0.2) is 51.0 Å². The van der Waals surface area contributed by atoms with Crippen molar-refractivity contribution >= 4 is 192 Å². The van der Waals surface area contributed by atoms with E-state index in [9.17, 15) is 13.2 Å². The fourth-order valence-electron chi connectivity index (χ4n) is 13.7. The second kappa shape index (κ2) is 40.5. The fourth-order valence-corrected chi connectivity index (χ4v) is 17.7. The number of nitrogens with zero attached hydrogens (tertiary/aromatic N) is 10. The quantitative estimate of drug-likeness (QED) is 0.100. The second-order valence-corrected chi connectivity index (χ2v) is 32.5. The van der Waals surface area contributed by atoms with Gasteiger partial charge in [0.25, 0.3) is 0 Å². The van der Waals surface area contributed by atoms with E-state index >= 15 is 0 Å². The average molecular weight is 2660 g/mol. The number of halogens is 5. The predicted octanol–water partition coefficient (Wildman–Crippen LogP) is 28.2. The van der Waals surface area contributed by atoms with Gasteiger partial charge in [0.05, 0.1) is 11.8 Å². The summed E-state index contributed by atoms with van der Waals surface area (Å²) in [6.07, 6.45) is -2.58. The van der Waals surface area contributed by atoms with Crippen LogP contribution in [-0.2, 0) is 107 Å². The first-order chi connectivity index (χ1) is 57.3. The van der Waals surface area contributed by atoms with Crippen LogP contribution in [0.3, 0.4) is 0 Å². The van der Waals surface area contributed by atoms with Crippen LogP contribution in [0.1, 0.15) is 16.7 Å². The molecule has 0 unspecified atom stereocenters. The minimum atomic E-state index is -4.40. The molecular weight excluding hydrogens is 2610 g/mol. The van der Waals surface area contributed by atoms with E-state index in [1.54, 1.807) is 45.3 Å². The molecule has 611 valence electrons. The normalized spacial score (nSPS) is 10.9. The van der Waals surface area contributed by atoms with Crippen molar-refractivity contribution < 1.29 is 123 Å². The Kier molecular flexibility index (Phi) is 29.9. The van der Waals surface area contributed by atoms with Crippen molar-refractivity contribution in [1.82, 2.24) is 51.0 Å². The minimum absolute atomic E-state index is 0. The second-order valence-electron chi connectivity index (χ2n) is 26.8. The molecule has 10 aromatic heterocycles. The molecular formula is C95H54BrClF3Ir5N10O2S5-5. The number of rotatable bonds is 9. The number of hydrogen-bond donors (Lipinski definition) is 0. The van der Waals surface area contributed by atoms with E-state index in [1.807, 2.05) is 162 Å². The summed E-state index contributed by atoms with van der Waals surface area (Å²) in [5.74, 6) is 1.85. The van der Waals surface area contributed by atoms with Crippen molar-refractivity contribution in [2.75, 3.05) is 0 Å². The smallest absolute Gasteiger partial charge is 0.416 e. The van der Waals surface area contributed by atoms with Gasteiger partial charge in [-0.05, 0) is 182 Å². The fraction of sp³-hybridized carbons (Fsp3) is 0.0316. The average Bonchev–Trinajstić information content (AvgIpc) is 0.877. The van der Waals surface area contributed by atoms with E-state index in [1.165, 1.54) is 55.8 Å². The molecule has 27 heteroatoms. The Labute approximate surface area is 798 Å². The van der Waals surface area contributed by atoms with Gasteiger partial charge in [-0.15, -0.1) is 37.1 Å². The molecule has 5 radical (unpaired) electrons. The first-order valence-electron chi connectivity index (χ1n) is 36.4. The monoisotopic (exact) mass is 2660 g/mol. The number of aryl methyl sites for hydroxylation is 2. The maximum atomic E-state index is 12.8. The van der Waals surface area contributed by atoms with Crippen molar-refractivity contribution in [3.8, 4) is 76.1 Å². The molecule has 0 saturated heterocycles. The van der Waals surface area contributed by atoms with Gasteiger partial charge in [0.2, 0.25) is 11.8 Å². The summed E-state index contributed by atoms with van der Waals surface area (Å²) in [7, 11) is 0. The van der Waals surface area contributed by atoms with E-state index in [-0.39, 0.29) is 112 Å². The molecule has 10 heterocycles. The molecule has 0 aliphatic carbocycles. The predicted molar refractivity (Wildman–Crippen MR) is 476 cm³/mol. The summed E-state index contributed by atoms with van der Waals surface area (Å²) in [6, 6.07) is 98.3. The van der Waals surface area contributed by atoms with Gasteiger partial charge in [-0.3, -0.25) is 0 Å². The summed E-state index contributed by atoms with van der Waals surface area (Å²) in [5.41, 5.74) is 5.58. The third kappa shape index (κ3) is 19.5. The van der Waals surface area contributed by atoms with Gasteiger partial charge in [0, 0.05) is 151 Å². The van der Waals surface area contributed by atoms with Crippen molar-refractivity contribution in [2.45, 2.75) is 20.0 Å². The Morgan fingerprint density at radius 3 is 1.01 bits per heavy atom. The van der Waals surface area contributed by atoms with Crippen LogP contribution in [0.2, 0.25) is 5.15 Å². The largest absolute Gasteiger partial charge is 0.437 e. The molecule has 0 atom stereocenters. The Morgan fingerprint density at radius 1 is 0.320 bits per heavy atom. The first kappa shape index (κ1) is 90.3. The topological polar surface area (TPSA) is 147 Å². The van der Waals surface area contributed by atoms with E-state index in [2.05, 4.69) is 213 Å². The number of benzene rings is 12. The van der Waals surface area contributed by atoms with E-state index in [0.29, 0.717) is 16.7 Å². The molecule has 0 aliphatic heterocycles. The first-order valence-corrected chi connectivity index (χ1v) is 41.9. The van der Waals surface area contributed by atoms with Gasteiger partial charge in [-0.1, -0.05) is 206 Å². The SMILES string of the molecule is Brc1nnc(-c2[c-]ccs2)c2cc3ccccc3cc12.Cc1cccc(C)c1Oc1nnc(-c2[c-]ccs2)c2cc3ccccc3cc12.Clc1nnc(-c2[c-]ccs2)c2cc3ccccc3cc12.FC(F)(F)c1ccc(Oc2nnc(-c3[c-]ccs3)c3cc4ccccc4cc23)cc1.[Ir].[Ir].[Ir].[Ir].[Ir].[c-]1ccsc1-c1nncc2cc3ccccc3cc12. The van der Waals surface area contributed by atoms with Crippen LogP contribution in [0.25, 0.3) is 161 Å². The Bertz CT molecular complexity index is 7250. The van der Waals surface area contributed by atoms with Crippen molar-refractivity contribution in [2.24, 2.45) is 0 Å². The van der Waals surface area contributed by atoms with Crippen LogP contribution in [0, 0.1) is 44.2 Å². The van der Waals surface area contributed by atoms with Crippen molar-refractivity contribution in [3.05, 3.63) is 345 Å². The molecule has 0 fully saturated rings. The third-order valence-corrected chi connectivity index (χ3v) is 24.3. The standard InChI is InChI=1S/C24H17N2OS.C23H12F3N2OS.C16H8BrN2S.C16H8ClN2S.C16H9N2S.5Ir/c1-15-7-5-8-16(2)23(15)27-24-20-14-18-10-4-3-9-17(18)13-19(20)22(25-26-24)21-11-6-12-28-21;24-23(25,26)16-7-9-17(10-8-16)29-22-19-13-15-5-2-1-4-14(15)12-18(19)21(27-28-22)20-6-3-11-30-20;2*17-16-13-9-11-5-2-1-4-10(11)8-12(13)15(18-19-16)14-6-3-7-20-14;1-2-5-12-9-14-13(8-11(12)4-1)10-17-18-16(14)15-6-3-7-19-15;;;;;/h3-10,12-14H,1-2H3;1-5,7-13H;2*1-5,7-9H;1-5,7-10H;;;;;/q5*-1;;;;;. The van der Waals surface area contributed by atoms with E-state index < -0.39 is 11.7 Å². The van der Waals surface area contributed by atoms with E-state index in [0.717, 1.165) is 156 Å². The zero-order valence-electron chi connectivity index (χ0n) is 63.1.